The summed E-state index contributed by atoms with van der Waals surface area (Å²) in [4.78, 5) is 28.5. The molecule has 144 valence electrons. The first-order valence-corrected chi connectivity index (χ1v) is 10.3. The molecular weight excluding hydrogens is 408 g/mol. The highest BCUT2D eigenvalue weighted by atomic mass is 32.2. The van der Waals surface area contributed by atoms with Gasteiger partial charge in [-0.3, -0.25) is 10.1 Å². The number of aromatic nitrogens is 2. The first-order valence-electron chi connectivity index (χ1n) is 8.27. The predicted octanol–water partition coefficient (Wildman–Crippen LogP) is 4.02. The first-order chi connectivity index (χ1) is 14.1. The topological polar surface area (TPSA) is 105 Å². The standard InChI is InChI=1S/C20H14N4O3S2/c1-28-20-23-19(29-24-20)22-17(25)15(12-21)11-13-7-9-16(10-8-13)27-18(26)14-5-3-2-4-6-14/h2-11H,1H3,(H,22,23,24,25). The van der Waals surface area contributed by atoms with Gasteiger partial charge in [-0.15, -0.1) is 0 Å². The van der Waals surface area contributed by atoms with E-state index in [4.69, 9.17) is 4.74 Å². The molecule has 2 aromatic carbocycles. The third-order valence-corrected chi connectivity index (χ3v) is 4.88. The third-order valence-electron chi connectivity index (χ3n) is 3.59. The number of hydrogen-bond donors (Lipinski definition) is 1. The fraction of sp³-hybridized carbons (Fsp3) is 0.0500. The number of nitrogens with one attached hydrogen (secondary N) is 1. The van der Waals surface area contributed by atoms with Crippen LogP contribution in [0.25, 0.3) is 6.08 Å². The molecule has 0 aliphatic heterocycles. The van der Waals surface area contributed by atoms with E-state index >= 15 is 0 Å². The molecule has 1 amide bonds. The van der Waals surface area contributed by atoms with Crippen LogP contribution in [0.4, 0.5) is 5.13 Å². The Balaban J connectivity index is 1.67. The van der Waals surface area contributed by atoms with Gasteiger partial charge in [0, 0.05) is 11.5 Å². The maximum absolute atomic E-state index is 12.3. The van der Waals surface area contributed by atoms with Crippen molar-refractivity contribution in [3.63, 3.8) is 0 Å². The van der Waals surface area contributed by atoms with Crippen LogP contribution in [-0.4, -0.2) is 27.5 Å². The lowest BCUT2D eigenvalue weighted by Gasteiger charge is -2.05. The second-order valence-electron chi connectivity index (χ2n) is 5.53. The Bertz CT molecular complexity index is 1090. The molecule has 0 fully saturated rings. The average molecular weight is 422 g/mol. The van der Waals surface area contributed by atoms with Crippen LogP contribution in [0, 0.1) is 11.3 Å². The van der Waals surface area contributed by atoms with Crippen LogP contribution >= 0.6 is 23.3 Å². The zero-order valence-corrected chi connectivity index (χ0v) is 16.8. The molecular formula is C20H14N4O3S2. The van der Waals surface area contributed by atoms with Gasteiger partial charge in [0.05, 0.1) is 5.56 Å². The van der Waals surface area contributed by atoms with Gasteiger partial charge in [0.25, 0.3) is 5.91 Å². The van der Waals surface area contributed by atoms with Gasteiger partial charge in [-0.05, 0) is 42.2 Å². The van der Waals surface area contributed by atoms with Crippen LogP contribution in [0.15, 0.2) is 65.3 Å². The lowest BCUT2D eigenvalue weighted by Crippen LogP contribution is -2.13. The quantitative estimate of drug-likeness (QED) is 0.210. The Morgan fingerprint density at radius 3 is 2.52 bits per heavy atom. The van der Waals surface area contributed by atoms with Crippen molar-refractivity contribution in [2.45, 2.75) is 5.16 Å². The van der Waals surface area contributed by atoms with E-state index in [9.17, 15) is 14.9 Å². The Morgan fingerprint density at radius 1 is 1.17 bits per heavy atom. The minimum Gasteiger partial charge on any atom is -0.423 e. The van der Waals surface area contributed by atoms with E-state index in [0.717, 1.165) is 11.5 Å². The number of nitriles is 1. The molecule has 0 atom stereocenters. The summed E-state index contributed by atoms with van der Waals surface area (Å²) in [5.74, 6) is -0.680. The van der Waals surface area contributed by atoms with Gasteiger partial charge in [0.1, 0.15) is 17.4 Å². The van der Waals surface area contributed by atoms with E-state index in [-0.39, 0.29) is 5.57 Å². The lowest BCUT2D eigenvalue weighted by molar-refractivity contribution is -0.112. The fourth-order valence-electron chi connectivity index (χ4n) is 2.20. The zero-order valence-electron chi connectivity index (χ0n) is 15.2. The van der Waals surface area contributed by atoms with Gasteiger partial charge in [0.2, 0.25) is 10.3 Å². The number of ether oxygens (including phenoxy) is 1. The van der Waals surface area contributed by atoms with Crippen molar-refractivity contribution >= 4 is 46.4 Å². The smallest absolute Gasteiger partial charge is 0.343 e. The molecule has 1 N–H and O–H groups in total. The van der Waals surface area contributed by atoms with Crippen molar-refractivity contribution < 1.29 is 14.3 Å². The Hall–Kier alpha value is -3.48. The third kappa shape index (κ3) is 5.51. The minimum atomic E-state index is -0.573. The SMILES string of the molecule is CSc1nsc(NC(=O)C(C#N)=Cc2ccc(OC(=O)c3ccccc3)cc2)n1. The molecule has 1 aromatic heterocycles. The van der Waals surface area contributed by atoms with Crippen molar-refractivity contribution in [2.75, 3.05) is 11.6 Å². The van der Waals surface area contributed by atoms with Crippen molar-refractivity contribution in [1.82, 2.24) is 9.36 Å². The monoisotopic (exact) mass is 422 g/mol. The highest BCUT2D eigenvalue weighted by Crippen LogP contribution is 2.19. The Labute approximate surface area is 175 Å². The molecule has 0 aliphatic rings. The van der Waals surface area contributed by atoms with Gasteiger partial charge in [-0.1, -0.05) is 42.1 Å². The second kappa shape index (κ2) is 9.64. The first kappa shape index (κ1) is 20.3. The maximum atomic E-state index is 12.3. The maximum Gasteiger partial charge on any atom is 0.343 e. The van der Waals surface area contributed by atoms with Crippen LogP contribution in [0.1, 0.15) is 15.9 Å². The van der Waals surface area contributed by atoms with Crippen LogP contribution in [0.3, 0.4) is 0 Å². The van der Waals surface area contributed by atoms with Crippen molar-refractivity contribution in [3.05, 3.63) is 71.3 Å². The highest BCUT2D eigenvalue weighted by molar-refractivity contribution is 7.98. The molecule has 0 saturated carbocycles. The van der Waals surface area contributed by atoms with Crippen LogP contribution in [0.2, 0.25) is 0 Å². The summed E-state index contributed by atoms with van der Waals surface area (Å²) in [5.41, 5.74) is 0.972. The van der Waals surface area contributed by atoms with Crippen LogP contribution in [-0.2, 0) is 4.79 Å². The molecule has 0 saturated heterocycles. The minimum absolute atomic E-state index is 0.0834. The highest BCUT2D eigenvalue weighted by Gasteiger charge is 2.13. The number of rotatable bonds is 6. The molecule has 29 heavy (non-hydrogen) atoms. The fourth-order valence-corrected chi connectivity index (χ4v) is 3.32. The Kier molecular flexibility index (Phi) is 6.73. The van der Waals surface area contributed by atoms with Gasteiger partial charge in [0.15, 0.2) is 0 Å². The number of anilines is 1. The summed E-state index contributed by atoms with van der Waals surface area (Å²) >= 11 is 2.40. The second-order valence-corrected chi connectivity index (χ2v) is 7.06. The van der Waals surface area contributed by atoms with E-state index in [1.807, 2.05) is 18.4 Å². The number of amides is 1. The van der Waals surface area contributed by atoms with E-state index in [2.05, 4.69) is 14.7 Å². The van der Waals surface area contributed by atoms with Crippen LogP contribution in [0.5, 0.6) is 5.75 Å². The number of esters is 1. The molecule has 0 unspecified atom stereocenters. The number of hydrogen-bond acceptors (Lipinski definition) is 8. The Morgan fingerprint density at radius 2 is 1.90 bits per heavy atom. The van der Waals surface area contributed by atoms with Crippen molar-refractivity contribution in [3.8, 4) is 11.8 Å². The number of carbonyl (C=O) groups is 2. The van der Waals surface area contributed by atoms with Crippen molar-refractivity contribution in [1.29, 1.82) is 5.26 Å². The molecule has 1 heterocycles. The molecule has 0 spiro atoms. The number of nitrogens with zero attached hydrogens (tertiary/aromatic N) is 3. The molecule has 7 nitrogen and oxygen atoms in total. The molecule has 0 radical (unpaired) electrons. The molecule has 0 bridgehead atoms. The number of carbonyl (C=O) groups excluding carboxylic acids is 2. The summed E-state index contributed by atoms with van der Waals surface area (Å²) < 4.78 is 9.35. The number of benzene rings is 2. The van der Waals surface area contributed by atoms with Gasteiger partial charge < -0.3 is 4.74 Å². The predicted molar refractivity (Wildman–Crippen MR) is 112 cm³/mol. The molecule has 3 rings (SSSR count). The average Bonchev–Trinajstić information content (AvgIpc) is 3.21. The van der Waals surface area contributed by atoms with Crippen LogP contribution < -0.4 is 10.1 Å². The molecule has 9 heteroatoms. The molecule has 0 aliphatic carbocycles. The summed E-state index contributed by atoms with van der Waals surface area (Å²) in [6.07, 6.45) is 3.27. The van der Waals surface area contributed by atoms with E-state index in [1.54, 1.807) is 48.5 Å². The van der Waals surface area contributed by atoms with Crippen molar-refractivity contribution in [2.24, 2.45) is 0 Å². The largest absolute Gasteiger partial charge is 0.423 e. The summed E-state index contributed by atoms with van der Waals surface area (Å²) in [5, 5.41) is 12.7. The zero-order chi connectivity index (χ0) is 20.6. The summed E-state index contributed by atoms with van der Waals surface area (Å²) in [6.45, 7) is 0. The van der Waals surface area contributed by atoms with Gasteiger partial charge >= 0.3 is 5.97 Å². The van der Waals surface area contributed by atoms with E-state index in [0.29, 0.717) is 27.2 Å². The van der Waals surface area contributed by atoms with Gasteiger partial charge in [-0.25, -0.2) is 4.79 Å². The number of thioether (sulfide) groups is 1. The summed E-state index contributed by atoms with van der Waals surface area (Å²) in [7, 11) is 0. The summed E-state index contributed by atoms with van der Waals surface area (Å²) in [6, 6.07) is 17.0. The van der Waals surface area contributed by atoms with E-state index in [1.165, 1.54) is 17.8 Å². The normalized spacial score (nSPS) is 10.8. The van der Waals surface area contributed by atoms with E-state index < -0.39 is 11.9 Å². The lowest BCUT2D eigenvalue weighted by atomic mass is 10.1. The van der Waals surface area contributed by atoms with Gasteiger partial charge in [-0.2, -0.15) is 14.6 Å². The molecule has 3 aromatic rings.